The Morgan fingerprint density at radius 3 is 2.32 bits per heavy atom. The Balaban J connectivity index is 1.99. The van der Waals surface area contributed by atoms with Gasteiger partial charge < -0.3 is 15.2 Å². The average Bonchev–Trinajstić information content (AvgIpc) is 2.60. The van der Waals surface area contributed by atoms with Crippen molar-refractivity contribution in [2.45, 2.75) is 38.8 Å². The molecule has 0 aliphatic heterocycles. The van der Waals surface area contributed by atoms with Crippen LogP contribution in [0.5, 0.6) is 0 Å². The minimum absolute atomic E-state index is 0.0988. The minimum atomic E-state index is -1.09. The standard InChI is InChI=1S/C20H23NO4/c1-14(2)17-11-7-6-10-16(17)12-18(19(22)23)21-20(24)25-13-15-8-4-3-5-9-15/h3-11,14,18H,12-13H2,1-2H3,(H,21,24)(H,22,23)/t18-/m0/s1. The van der Waals surface area contributed by atoms with Crippen LogP contribution < -0.4 is 5.32 Å². The molecule has 0 fully saturated rings. The number of alkyl carbamates (subject to hydrolysis) is 1. The summed E-state index contributed by atoms with van der Waals surface area (Å²) < 4.78 is 5.11. The normalized spacial score (nSPS) is 11.8. The van der Waals surface area contributed by atoms with Gasteiger partial charge in [-0.05, 0) is 22.6 Å². The minimum Gasteiger partial charge on any atom is -0.480 e. The Labute approximate surface area is 147 Å². The maximum atomic E-state index is 11.9. The van der Waals surface area contributed by atoms with Crippen molar-refractivity contribution in [3.63, 3.8) is 0 Å². The van der Waals surface area contributed by atoms with Crippen LogP contribution in [0.3, 0.4) is 0 Å². The van der Waals surface area contributed by atoms with Gasteiger partial charge in [0.15, 0.2) is 0 Å². The van der Waals surface area contributed by atoms with Gasteiger partial charge in [0.2, 0.25) is 0 Å². The topological polar surface area (TPSA) is 75.6 Å². The lowest BCUT2D eigenvalue weighted by Gasteiger charge is -2.18. The summed E-state index contributed by atoms with van der Waals surface area (Å²) in [5.74, 6) is -0.814. The SMILES string of the molecule is CC(C)c1ccccc1C[C@H](NC(=O)OCc1ccccc1)C(=O)O. The van der Waals surface area contributed by atoms with E-state index < -0.39 is 18.1 Å². The molecule has 5 heteroatoms. The number of carbonyl (C=O) groups excluding carboxylic acids is 1. The van der Waals surface area contributed by atoms with Crippen molar-refractivity contribution in [3.05, 3.63) is 71.3 Å². The molecule has 0 aliphatic carbocycles. The van der Waals surface area contributed by atoms with Gasteiger partial charge in [-0.3, -0.25) is 0 Å². The molecular formula is C20H23NO4. The van der Waals surface area contributed by atoms with E-state index in [1.807, 2.05) is 54.6 Å². The third kappa shape index (κ3) is 5.64. The van der Waals surface area contributed by atoms with Crippen molar-refractivity contribution in [2.24, 2.45) is 0 Å². The second-order valence-corrected chi connectivity index (χ2v) is 6.15. The molecule has 0 aliphatic rings. The number of rotatable bonds is 7. The van der Waals surface area contributed by atoms with Crippen molar-refractivity contribution in [3.8, 4) is 0 Å². The van der Waals surface area contributed by atoms with Crippen LogP contribution in [0, 0.1) is 0 Å². The molecule has 0 heterocycles. The Kier molecular flexibility index (Phi) is 6.57. The molecule has 5 nitrogen and oxygen atoms in total. The maximum Gasteiger partial charge on any atom is 0.408 e. The van der Waals surface area contributed by atoms with Gasteiger partial charge >= 0.3 is 12.1 Å². The monoisotopic (exact) mass is 341 g/mol. The van der Waals surface area contributed by atoms with Crippen molar-refractivity contribution >= 4 is 12.1 Å². The van der Waals surface area contributed by atoms with Crippen LogP contribution in [0.2, 0.25) is 0 Å². The fourth-order valence-electron chi connectivity index (χ4n) is 2.61. The number of carboxylic acid groups (broad SMARTS) is 1. The Bertz CT molecular complexity index is 713. The van der Waals surface area contributed by atoms with E-state index in [0.717, 1.165) is 16.7 Å². The first kappa shape index (κ1) is 18.5. The molecule has 0 unspecified atom stereocenters. The van der Waals surface area contributed by atoms with E-state index in [1.165, 1.54) is 0 Å². The van der Waals surface area contributed by atoms with Crippen LogP contribution in [-0.2, 0) is 22.6 Å². The molecule has 2 N–H and O–H groups in total. The first-order chi connectivity index (χ1) is 12.0. The molecular weight excluding hydrogens is 318 g/mol. The van der Waals surface area contributed by atoms with Gasteiger partial charge in [-0.25, -0.2) is 9.59 Å². The van der Waals surface area contributed by atoms with E-state index in [4.69, 9.17) is 4.74 Å². The first-order valence-corrected chi connectivity index (χ1v) is 8.25. The Hall–Kier alpha value is -2.82. The van der Waals surface area contributed by atoms with E-state index >= 15 is 0 Å². The van der Waals surface area contributed by atoms with Crippen LogP contribution in [0.4, 0.5) is 4.79 Å². The fourth-order valence-corrected chi connectivity index (χ4v) is 2.61. The zero-order valence-corrected chi connectivity index (χ0v) is 14.4. The molecule has 1 amide bonds. The van der Waals surface area contributed by atoms with E-state index in [-0.39, 0.29) is 18.9 Å². The van der Waals surface area contributed by atoms with E-state index in [9.17, 15) is 14.7 Å². The lowest BCUT2D eigenvalue weighted by molar-refractivity contribution is -0.139. The highest BCUT2D eigenvalue weighted by Gasteiger charge is 2.22. The average molecular weight is 341 g/mol. The number of nitrogens with one attached hydrogen (secondary N) is 1. The molecule has 0 saturated carbocycles. The van der Waals surface area contributed by atoms with Gasteiger partial charge in [-0.2, -0.15) is 0 Å². The quantitative estimate of drug-likeness (QED) is 0.804. The molecule has 0 bridgehead atoms. The highest BCUT2D eigenvalue weighted by molar-refractivity contribution is 5.80. The number of aliphatic carboxylic acids is 1. The summed E-state index contributed by atoms with van der Waals surface area (Å²) in [4.78, 5) is 23.5. The summed E-state index contributed by atoms with van der Waals surface area (Å²) >= 11 is 0. The van der Waals surface area contributed by atoms with E-state index in [0.29, 0.717) is 0 Å². The largest absolute Gasteiger partial charge is 0.480 e. The zero-order chi connectivity index (χ0) is 18.2. The highest BCUT2D eigenvalue weighted by atomic mass is 16.5. The molecule has 0 radical (unpaired) electrons. The van der Waals surface area contributed by atoms with Crippen LogP contribution in [-0.4, -0.2) is 23.2 Å². The second-order valence-electron chi connectivity index (χ2n) is 6.15. The molecule has 2 aromatic rings. The zero-order valence-electron chi connectivity index (χ0n) is 14.4. The summed E-state index contributed by atoms with van der Waals surface area (Å²) in [6.07, 6.45) is -0.525. The highest BCUT2D eigenvalue weighted by Crippen LogP contribution is 2.20. The fraction of sp³-hybridized carbons (Fsp3) is 0.300. The van der Waals surface area contributed by atoms with Gasteiger partial charge in [0, 0.05) is 6.42 Å². The smallest absolute Gasteiger partial charge is 0.408 e. The Morgan fingerprint density at radius 1 is 1.04 bits per heavy atom. The van der Waals surface area contributed by atoms with Crippen LogP contribution in [0.15, 0.2) is 54.6 Å². The lowest BCUT2D eigenvalue weighted by Crippen LogP contribution is -2.42. The molecule has 2 rings (SSSR count). The summed E-state index contributed by atoms with van der Waals surface area (Å²) in [6, 6.07) is 15.9. The number of hydrogen-bond acceptors (Lipinski definition) is 3. The maximum absolute atomic E-state index is 11.9. The number of hydrogen-bond donors (Lipinski definition) is 2. The molecule has 1 atom stereocenters. The number of amides is 1. The van der Waals surface area contributed by atoms with Gasteiger partial charge in [0.25, 0.3) is 0 Å². The summed E-state index contributed by atoms with van der Waals surface area (Å²) in [7, 11) is 0. The molecule has 0 aromatic heterocycles. The first-order valence-electron chi connectivity index (χ1n) is 8.25. The number of carboxylic acids is 1. The van der Waals surface area contributed by atoms with Crippen LogP contribution in [0.1, 0.15) is 36.5 Å². The van der Waals surface area contributed by atoms with E-state index in [2.05, 4.69) is 19.2 Å². The van der Waals surface area contributed by atoms with Crippen LogP contribution >= 0.6 is 0 Å². The van der Waals surface area contributed by atoms with Crippen molar-refractivity contribution in [2.75, 3.05) is 0 Å². The van der Waals surface area contributed by atoms with Crippen LogP contribution in [0.25, 0.3) is 0 Å². The van der Waals surface area contributed by atoms with Gasteiger partial charge in [-0.15, -0.1) is 0 Å². The summed E-state index contributed by atoms with van der Waals surface area (Å²) in [5, 5.41) is 11.9. The molecule has 2 aromatic carbocycles. The van der Waals surface area contributed by atoms with Gasteiger partial charge in [0.1, 0.15) is 12.6 Å². The summed E-state index contributed by atoms with van der Waals surface area (Å²) in [5.41, 5.74) is 2.83. The number of carbonyl (C=O) groups is 2. The summed E-state index contributed by atoms with van der Waals surface area (Å²) in [6.45, 7) is 4.20. The third-order valence-corrected chi connectivity index (χ3v) is 3.90. The van der Waals surface area contributed by atoms with Crippen molar-refractivity contribution in [1.29, 1.82) is 0 Å². The lowest BCUT2D eigenvalue weighted by atomic mass is 9.93. The predicted octanol–water partition coefficient (Wildman–Crippen LogP) is 3.73. The number of benzene rings is 2. The molecule has 0 saturated heterocycles. The van der Waals surface area contributed by atoms with Crippen molar-refractivity contribution in [1.82, 2.24) is 5.32 Å². The van der Waals surface area contributed by atoms with Gasteiger partial charge in [-0.1, -0.05) is 68.4 Å². The number of ether oxygens (including phenoxy) is 1. The van der Waals surface area contributed by atoms with E-state index in [1.54, 1.807) is 0 Å². The second kappa shape index (κ2) is 8.87. The third-order valence-electron chi connectivity index (χ3n) is 3.90. The Morgan fingerprint density at radius 2 is 1.68 bits per heavy atom. The van der Waals surface area contributed by atoms with Crippen molar-refractivity contribution < 1.29 is 19.4 Å². The predicted molar refractivity (Wildman–Crippen MR) is 95.4 cm³/mol. The molecule has 0 spiro atoms. The molecule has 25 heavy (non-hydrogen) atoms. The molecule has 132 valence electrons. The van der Waals surface area contributed by atoms with Gasteiger partial charge in [0.05, 0.1) is 0 Å².